The topological polar surface area (TPSA) is 61.8 Å². The standard InChI is InChI=1S/C22H23N3O/c1-21(2)9-5-14-17(8-12-21)25-20(26)18(14)19-15-6-10-22(3,4)11-7-16(15)23-13-24-19/h5-13,25-26H,1-4H3. The Labute approximate surface area is 153 Å². The zero-order valence-corrected chi connectivity index (χ0v) is 15.5. The Morgan fingerprint density at radius 1 is 0.808 bits per heavy atom. The van der Waals surface area contributed by atoms with E-state index in [1.807, 2.05) is 12.2 Å². The molecule has 2 N–H and O–H groups in total. The van der Waals surface area contributed by atoms with Crippen molar-refractivity contribution in [3.63, 3.8) is 0 Å². The van der Waals surface area contributed by atoms with Gasteiger partial charge in [-0.05, 0) is 12.2 Å². The normalized spacial score (nSPS) is 18.9. The number of aromatic hydroxyl groups is 1. The average Bonchev–Trinajstić information content (AvgIpc) is 2.69. The second kappa shape index (κ2) is 5.56. The average molecular weight is 345 g/mol. The molecule has 2 heterocycles. The molecule has 0 amide bonds. The first-order chi connectivity index (χ1) is 12.3. The summed E-state index contributed by atoms with van der Waals surface area (Å²) in [5.41, 5.74) is 4.98. The summed E-state index contributed by atoms with van der Waals surface area (Å²) < 4.78 is 0. The van der Waals surface area contributed by atoms with Crippen LogP contribution in [0.25, 0.3) is 35.6 Å². The van der Waals surface area contributed by atoms with Crippen molar-refractivity contribution in [2.24, 2.45) is 10.8 Å². The van der Waals surface area contributed by atoms with Crippen LogP contribution in [0.15, 0.2) is 30.6 Å². The predicted molar refractivity (Wildman–Crippen MR) is 107 cm³/mol. The molecule has 132 valence electrons. The van der Waals surface area contributed by atoms with Crippen molar-refractivity contribution in [2.45, 2.75) is 27.7 Å². The van der Waals surface area contributed by atoms with Crippen molar-refractivity contribution >= 4 is 24.3 Å². The van der Waals surface area contributed by atoms with Crippen LogP contribution >= 0.6 is 0 Å². The number of hydrogen-bond donors (Lipinski definition) is 2. The first-order valence-electron chi connectivity index (χ1n) is 8.83. The number of nitrogens with zero attached hydrogens (tertiary/aromatic N) is 2. The van der Waals surface area contributed by atoms with Gasteiger partial charge >= 0.3 is 0 Å². The van der Waals surface area contributed by atoms with E-state index in [0.717, 1.165) is 33.8 Å². The van der Waals surface area contributed by atoms with Crippen LogP contribution in [-0.4, -0.2) is 20.1 Å². The maximum absolute atomic E-state index is 10.6. The van der Waals surface area contributed by atoms with Gasteiger partial charge in [0.05, 0.1) is 17.0 Å². The van der Waals surface area contributed by atoms with Crippen molar-refractivity contribution < 1.29 is 5.11 Å². The highest BCUT2D eigenvalue weighted by Crippen LogP contribution is 2.41. The summed E-state index contributed by atoms with van der Waals surface area (Å²) in [7, 11) is 0. The van der Waals surface area contributed by atoms with Crippen LogP contribution in [0.5, 0.6) is 5.88 Å². The van der Waals surface area contributed by atoms with Crippen LogP contribution in [0.2, 0.25) is 0 Å². The summed E-state index contributed by atoms with van der Waals surface area (Å²) in [6.45, 7) is 8.60. The minimum absolute atomic E-state index is 0.0397. The molecule has 26 heavy (non-hydrogen) atoms. The molecule has 4 heteroatoms. The molecule has 0 atom stereocenters. The number of allylic oxidation sites excluding steroid dienone is 4. The molecule has 0 radical (unpaired) electrons. The van der Waals surface area contributed by atoms with E-state index in [4.69, 9.17) is 0 Å². The lowest BCUT2D eigenvalue weighted by molar-refractivity contribution is 0.458. The monoisotopic (exact) mass is 345 g/mol. The molecule has 2 aliphatic rings. The molecular weight excluding hydrogens is 322 g/mol. The third-order valence-electron chi connectivity index (χ3n) is 4.91. The number of fused-ring (bicyclic) bond motifs is 2. The van der Waals surface area contributed by atoms with Crippen molar-refractivity contribution in [2.75, 3.05) is 0 Å². The minimum atomic E-state index is -0.0538. The number of aromatic nitrogens is 3. The van der Waals surface area contributed by atoms with Gasteiger partial charge in [-0.3, -0.25) is 0 Å². The van der Waals surface area contributed by atoms with Gasteiger partial charge in [-0.1, -0.05) is 64.2 Å². The maximum Gasteiger partial charge on any atom is 0.199 e. The molecule has 4 nitrogen and oxygen atoms in total. The van der Waals surface area contributed by atoms with Crippen LogP contribution in [0, 0.1) is 10.8 Å². The summed E-state index contributed by atoms with van der Waals surface area (Å²) in [6.07, 6.45) is 18.3. The van der Waals surface area contributed by atoms with E-state index in [1.165, 1.54) is 0 Å². The largest absolute Gasteiger partial charge is 0.494 e. The first-order valence-corrected chi connectivity index (χ1v) is 8.83. The third kappa shape index (κ3) is 2.81. The van der Waals surface area contributed by atoms with Gasteiger partial charge in [-0.25, -0.2) is 9.97 Å². The third-order valence-corrected chi connectivity index (χ3v) is 4.91. The molecular formula is C22H23N3O. The Morgan fingerprint density at radius 2 is 1.42 bits per heavy atom. The Morgan fingerprint density at radius 3 is 2.15 bits per heavy atom. The van der Waals surface area contributed by atoms with Gasteiger partial charge in [0.15, 0.2) is 5.88 Å². The molecule has 0 spiro atoms. The van der Waals surface area contributed by atoms with Gasteiger partial charge in [0.1, 0.15) is 6.33 Å². The Kier molecular flexibility index (Phi) is 3.55. The quantitative estimate of drug-likeness (QED) is 0.736. The predicted octanol–water partition coefficient (Wildman–Crippen LogP) is 5.31. The fourth-order valence-corrected chi connectivity index (χ4v) is 3.27. The van der Waals surface area contributed by atoms with Gasteiger partial charge in [-0.2, -0.15) is 0 Å². The molecule has 2 aromatic heterocycles. The number of hydrogen-bond acceptors (Lipinski definition) is 3. The molecule has 0 aromatic carbocycles. The second-order valence-corrected chi connectivity index (χ2v) is 8.17. The summed E-state index contributed by atoms with van der Waals surface area (Å²) in [5, 5.41) is 10.6. The number of H-pyrrole nitrogens is 1. The van der Waals surface area contributed by atoms with Crippen LogP contribution in [0.3, 0.4) is 0 Å². The first kappa shape index (κ1) is 16.6. The smallest absolute Gasteiger partial charge is 0.199 e. The molecule has 4 rings (SSSR count). The maximum atomic E-state index is 10.6. The second-order valence-electron chi connectivity index (χ2n) is 8.17. The van der Waals surface area contributed by atoms with Crippen molar-refractivity contribution in [1.82, 2.24) is 15.0 Å². The van der Waals surface area contributed by atoms with Crippen molar-refractivity contribution in [3.05, 3.63) is 53.1 Å². The Balaban J connectivity index is 1.95. The van der Waals surface area contributed by atoms with E-state index in [1.54, 1.807) is 6.33 Å². The van der Waals surface area contributed by atoms with Gasteiger partial charge in [-0.15, -0.1) is 0 Å². The molecule has 2 aromatic rings. The summed E-state index contributed by atoms with van der Waals surface area (Å²) >= 11 is 0. The van der Waals surface area contributed by atoms with Gasteiger partial charge < -0.3 is 10.1 Å². The van der Waals surface area contributed by atoms with Crippen LogP contribution in [0.1, 0.15) is 50.2 Å². The summed E-state index contributed by atoms with van der Waals surface area (Å²) in [4.78, 5) is 12.0. The number of rotatable bonds is 1. The van der Waals surface area contributed by atoms with E-state index in [2.05, 4.69) is 79.1 Å². The molecule has 0 unspecified atom stereocenters. The van der Waals surface area contributed by atoms with E-state index >= 15 is 0 Å². The Bertz CT molecular complexity index is 1000. The van der Waals surface area contributed by atoms with E-state index < -0.39 is 0 Å². The van der Waals surface area contributed by atoms with Crippen LogP contribution in [0.4, 0.5) is 0 Å². The molecule has 0 saturated carbocycles. The lowest BCUT2D eigenvalue weighted by Gasteiger charge is -2.12. The van der Waals surface area contributed by atoms with Gasteiger partial charge in [0.2, 0.25) is 0 Å². The van der Waals surface area contributed by atoms with Crippen LogP contribution in [-0.2, 0) is 0 Å². The SMILES string of the molecule is CC1(C)C=Cc2ncnc(-c3c(O)[nH]c4c3C=CC(C)(C)C=C4)c2C=C1. The van der Waals surface area contributed by atoms with E-state index in [-0.39, 0.29) is 16.7 Å². The molecule has 0 saturated heterocycles. The fraction of sp³-hybridized carbons (Fsp3) is 0.273. The molecule has 2 aliphatic carbocycles. The molecule has 0 aliphatic heterocycles. The summed E-state index contributed by atoms with van der Waals surface area (Å²) in [6, 6.07) is 0. The van der Waals surface area contributed by atoms with E-state index in [0.29, 0.717) is 0 Å². The van der Waals surface area contributed by atoms with Crippen molar-refractivity contribution in [1.29, 1.82) is 0 Å². The summed E-state index contributed by atoms with van der Waals surface area (Å²) in [5.74, 6) is 0.130. The lowest BCUT2D eigenvalue weighted by Crippen LogP contribution is -2.00. The molecule has 0 fully saturated rings. The highest BCUT2D eigenvalue weighted by atomic mass is 16.3. The van der Waals surface area contributed by atoms with Gasteiger partial charge in [0.25, 0.3) is 0 Å². The number of nitrogens with one attached hydrogen (secondary N) is 1. The lowest BCUT2D eigenvalue weighted by atomic mass is 9.92. The fourth-order valence-electron chi connectivity index (χ4n) is 3.27. The Hall–Kier alpha value is -2.88. The number of aromatic amines is 1. The zero-order valence-electron chi connectivity index (χ0n) is 15.5. The minimum Gasteiger partial charge on any atom is -0.494 e. The van der Waals surface area contributed by atoms with Crippen molar-refractivity contribution in [3.8, 4) is 17.1 Å². The highest BCUT2D eigenvalue weighted by Gasteiger charge is 2.24. The van der Waals surface area contributed by atoms with Crippen LogP contribution < -0.4 is 0 Å². The zero-order chi connectivity index (χ0) is 18.5. The highest BCUT2D eigenvalue weighted by molar-refractivity contribution is 5.89. The van der Waals surface area contributed by atoms with E-state index in [9.17, 15) is 5.11 Å². The van der Waals surface area contributed by atoms with Gasteiger partial charge in [0, 0.05) is 27.7 Å². The molecule has 0 bridgehead atoms.